The number of amides is 1. The van der Waals surface area contributed by atoms with Crippen molar-refractivity contribution in [3.8, 4) is 6.07 Å². The number of benzene rings is 3. The highest BCUT2D eigenvalue weighted by molar-refractivity contribution is 6.06. The minimum atomic E-state index is -0.419. The number of para-hydroxylation sites is 1. The van der Waals surface area contributed by atoms with E-state index >= 15 is 0 Å². The Bertz CT molecular complexity index is 1040. The van der Waals surface area contributed by atoms with Crippen LogP contribution in [0.4, 0.5) is 11.4 Å². The lowest BCUT2D eigenvalue weighted by Crippen LogP contribution is -2.20. The summed E-state index contributed by atoms with van der Waals surface area (Å²) in [4.78, 5) is 14.7. The summed E-state index contributed by atoms with van der Waals surface area (Å²) in [5, 5.41) is 12.5. The molecule has 0 bridgehead atoms. The van der Waals surface area contributed by atoms with E-state index in [9.17, 15) is 10.1 Å². The molecule has 0 heterocycles. The molecule has 3 aromatic rings. The minimum absolute atomic E-state index is 0.0508. The van der Waals surface area contributed by atoms with Gasteiger partial charge >= 0.3 is 0 Å². The molecule has 1 amide bonds. The molecule has 0 aliphatic carbocycles. The van der Waals surface area contributed by atoms with Crippen molar-refractivity contribution in [2.75, 3.05) is 10.2 Å². The number of nitriles is 1. The molecule has 4 heteroatoms. The standard InChI is InChI=1S/C27H27N3O/c1-2-3-10-22-15-17-25(18-16-22)29-27(31)24(19-28)21-30(26-13-8-5-9-14-26)20-23-11-6-4-7-12-23/h4-9,11-18,21H,2-3,10,20H2,1H3,(H,29,31)/b24-21-. The quantitative estimate of drug-likeness (QED) is 0.344. The van der Waals surface area contributed by atoms with Gasteiger partial charge in [0.2, 0.25) is 0 Å². The lowest BCUT2D eigenvalue weighted by Gasteiger charge is -2.21. The summed E-state index contributed by atoms with van der Waals surface area (Å²) in [7, 11) is 0. The molecule has 0 fully saturated rings. The fourth-order valence-corrected chi connectivity index (χ4v) is 3.24. The zero-order valence-corrected chi connectivity index (χ0v) is 17.8. The molecule has 0 aromatic heterocycles. The molecule has 0 saturated carbocycles. The van der Waals surface area contributed by atoms with Gasteiger partial charge in [0.25, 0.3) is 5.91 Å². The highest BCUT2D eigenvalue weighted by Gasteiger charge is 2.13. The molecule has 4 nitrogen and oxygen atoms in total. The first-order valence-corrected chi connectivity index (χ1v) is 10.6. The first kappa shape index (κ1) is 21.9. The lowest BCUT2D eigenvalue weighted by molar-refractivity contribution is -0.112. The Morgan fingerprint density at radius 2 is 1.58 bits per heavy atom. The lowest BCUT2D eigenvalue weighted by atomic mass is 10.1. The van der Waals surface area contributed by atoms with Crippen molar-refractivity contribution in [1.29, 1.82) is 5.26 Å². The first-order chi connectivity index (χ1) is 15.2. The van der Waals surface area contributed by atoms with E-state index < -0.39 is 5.91 Å². The molecule has 1 N–H and O–H groups in total. The highest BCUT2D eigenvalue weighted by atomic mass is 16.1. The summed E-state index contributed by atoms with van der Waals surface area (Å²) in [6, 6.07) is 29.6. The number of anilines is 2. The largest absolute Gasteiger partial charge is 0.342 e. The Labute approximate surface area is 184 Å². The summed E-state index contributed by atoms with van der Waals surface area (Å²) in [6.45, 7) is 2.72. The molecule has 0 saturated heterocycles. The smallest absolute Gasteiger partial charge is 0.267 e. The van der Waals surface area contributed by atoms with Crippen molar-refractivity contribution in [2.24, 2.45) is 0 Å². The van der Waals surface area contributed by atoms with E-state index in [-0.39, 0.29) is 5.57 Å². The molecule has 0 spiro atoms. The van der Waals surface area contributed by atoms with Crippen molar-refractivity contribution < 1.29 is 4.79 Å². The number of nitrogens with zero attached hydrogens (tertiary/aromatic N) is 2. The summed E-state index contributed by atoms with van der Waals surface area (Å²) >= 11 is 0. The first-order valence-electron chi connectivity index (χ1n) is 10.6. The second kappa shape index (κ2) is 11.4. The van der Waals surface area contributed by atoms with Gasteiger partial charge in [0, 0.05) is 24.1 Å². The molecule has 156 valence electrons. The van der Waals surface area contributed by atoms with Crippen LogP contribution < -0.4 is 10.2 Å². The fraction of sp³-hybridized carbons (Fsp3) is 0.185. The van der Waals surface area contributed by atoms with Gasteiger partial charge in [-0.15, -0.1) is 0 Å². The molecule has 0 radical (unpaired) electrons. The average molecular weight is 410 g/mol. The third-order valence-electron chi connectivity index (χ3n) is 4.96. The van der Waals surface area contributed by atoms with Gasteiger partial charge in [-0.3, -0.25) is 4.79 Å². The van der Waals surface area contributed by atoms with Gasteiger partial charge in [-0.1, -0.05) is 74.0 Å². The van der Waals surface area contributed by atoms with Crippen LogP contribution in [-0.2, 0) is 17.8 Å². The monoisotopic (exact) mass is 409 g/mol. The molecule has 0 aliphatic rings. The SMILES string of the molecule is CCCCc1ccc(NC(=O)/C(C#N)=C\N(Cc2ccccc2)c2ccccc2)cc1. The van der Waals surface area contributed by atoms with E-state index in [0.29, 0.717) is 12.2 Å². The zero-order chi connectivity index (χ0) is 21.9. The Morgan fingerprint density at radius 1 is 0.935 bits per heavy atom. The van der Waals surface area contributed by atoms with Crippen LogP contribution in [0.5, 0.6) is 0 Å². The summed E-state index contributed by atoms with van der Waals surface area (Å²) in [6.07, 6.45) is 4.94. The van der Waals surface area contributed by atoms with Crippen LogP contribution in [0.1, 0.15) is 30.9 Å². The number of unbranched alkanes of at least 4 members (excludes halogenated alkanes) is 1. The molecule has 3 aromatic carbocycles. The van der Waals surface area contributed by atoms with E-state index in [0.717, 1.165) is 30.5 Å². The second-order valence-electron chi connectivity index (χ2n) is 7.36. The van der Waals surface area contributed by atoms with Gasteiger partial charge in [0.1, 0.15) is 11.6 Å². The third-order valence-corrected chi connectivity index (χ3v) is 4.96. The van der Waals surface area contributed by atoms with Crippen LogP contribution in [0.2, 0.25) is 0 Å². The molecule has 0 unspecified atom stereocenters. The van der Waals surface area contributed by atoms with Crippen molar-refractivity contribution in [1.82, 2.24) is 0 Å². The van der Waals surface area contributed by atoms with Crippen molar-refractivity contribution in [3.63, 3.8) is 0 Å². The van der Waals surface area contributed by atoms with Crippen LogP contribution >= 0.6 is 0 Å². The number of hydrogen-bond donors (Lipinski definition) is 1. The van der Waals surface area contributed by atoms with E-state index in [1.54, 1.807) is 6.20 Å². The van der Waals surface area contributed by atoms with Crippen LogP contribution in [-0.4, -0.2) is 5.91 Å². The van der Waals surface area contributed by atoms with Crippen LogP contribution in [0.25, 0.3) is 0 Å². The maximum absolute atomic E-state index is 12.8. The minimum Gasteiger partial charge on any atom is -0.342 e. The summed E-state index contributed by atoms with van der Waals surface area (Å²) < 4.78 is 0. The molecule has 0 aliphatic heterocycles. The van der Waals surface area contributed by atoms with Gasteiger partial charge in [-0.05, 0) is 48.2 Å². The highest BCUT2D eigenvalue weighted by Crippen LogP contribution is 2.19. The van der Waals surface area contributed by atoms with Gasteiger partial charge in [0.15, 0.2) is 0 Å². The number of carbonyl (C=O) groups is 1. The number of nitrogens with one attached hydrogen (secondary N) is 1. The molecule has 0 atom stereocenters. The van der Waals surface area contributed by atoms with Crippen LogP contribution in [0, 0.1) is 11.3 Å². The Morgan fingerprint density at radius 3 is 2.19 bits per heavy atom. The molecular formula is C27H27N3O. The maximum Gasteiger partial charge on any atom is 0.267 e. The summed E-state index contributed by atoms with van der Waals surface area (Å²) in [5.74, 6) is -0.419. The van der Waals surface area contributed by atoms with E-state index in [1.807, 2.05) is 89.8 Å². The van der Waals surface area contributed by atoms with E-state index in [4.69, 9.17) is 0 Å². The molecule has 3 rings (SSSR count). The van der Waals surface area contributed by atoms with Crippen LogP contribution in [0.3, 0.4) is 0 Å². The summed E-state index contributed by atoms with van der Waals surface area (Å²) in [5.41, 5.74) is 3.97. The van der Waals surface area contributed by atoms with Crippen molar-refractivity contribution in [2.45, 2.75) is 32.7 Å². The van der Waals surface area contributed by atoms with Crippen LogP contribution in [0.15, 0.2) is 96.7 Å². The number of rotatable bonds is 9. The van der Waals surface area contributed by atoms with Crippen molar-refractivity contribution in [3.05, 3.63) is 108 Å². The topological polar surface area (TPSA) is 56.1 Å². The van der Waals surface area contributed by atoms with E-state index in [2.05, 4.69) is 18.3 Å². The Balaban J connectivity index is 1.78. The Kier molecular flexibility index (Phi) is 8.02. The maximum atomic E-state index is 12.8. The average Bonchev–Trinajstić information content (AvgIpc) is 2.82. The van der Waals surface area contributed by atoms with E-state index in [1.165, 1.54) is 5.56 Å². The van der Waals surface area contributed by atoms with Crippen molar-refractivity contribution >= 4 is 17.3 Å². The van der Waals surface area contributed by atoms with Gasteiger partial charge in [0.05, 0.1) is 0 Å². The molecular weight excluding hydrogens is 382 g/mol. The molecule has 31 heavy (non-hydrogen) atoms. The Hall–Kier alpha value is -3.84. The predicted molar refractivity (Wildman–Crippen MR) is 126 cm³/mol. The third kappa shape index (κ3) is 6.58. The second-order valence-corrected chi connectivity index (χ2v) is 7.36. The van der Waals surface area contributed by atoms with Gasteiger partial charge in [-0.2, -0.15) is 5.26 Å². The normalized spacial score (nSPS) is 10.9. The number of carbonyl (C=O) groups excluding carboxylic acids is 1. The zero-order valence-electron chi connectivity index (χ0n) is 17.8. The number of aryl methyl sites for hydroxylation is 1. The van der Waals surface area contributed by atoms with Gasteiger partial charge < -0.3 is 10.2 Å². The van der Waals surface area contributed by atoms with Gasteiger partial charge in [-0.25, -0.2) is 0 Å². The fourth-order valence-electron chi connectivity index (χ4n) is 3.24. The predicted octanol–water partition coefficient (Wildman–Crippen LogP) is 6.08. The number of hydrogen-bond acceptors (Lipinski definition) is 3.